The number of halogens is 5. The van der Waals surface area contributed by atoms with E-state index < -0.39 is 38.4 Å². The summed E-state index contributed by atoms with van der Waals surface area (Å²) < 4.78 is 90.9. The van der Waals surface area contributed by atoms with Gasteiger partial charge in [0.25, 0.3) is 0 Å². The highest BCUT2D eigenvalue weighted by molar-refractivity contribution is 7.89. The van der Waals surface area contributed by atoms with Crippen LogP contribution in [-0.4, -0.2) is 18.2 Å². The molecule has 0 amide bonds. The lowest BCUT2D eigenvalue weighted by Gasteiger charge is -2.10. The minimum absolute atomic E-state index is 0.0236. The Morgan fingerprint density at radius 3 is 2.21 bits per heavy atom. The third-order valence-electron chi connectivity index (χ3n) is 3.93. The zero-order chi connectivity index (χ0) is 20.9. The molecule has 0 spiro atoms. The number of benzene rings is 2. The van der Waals surface area contributed by atoms with E-state index >= 15 is 0 Å². The van der Waals surface area contributed by atoms with E-state index in [4.69, 9.17) is 5.14 Å². The molecule has 5 nitrogen and oxygen atoms in total. The average molecular weight is 417 g/mol. The summed E-state index contributed by atoms with van der Waals surface area (Å²) in [5.41, 5.74) is -1.34. The number of hydrogen-bond acceptors (Lipinski definition) is 3. The van der Waals surface area contributed by atoms with Gasteiger partial charge in [-0.25, -0.2) is 27.0 Å². The van der Waals surface area contributed by atoms with E-state index in [0.29, 0.717) is 6.07 Å². The number of alkyl halides is 3. The fraction of sp³-hybridized carbons (Fsp3) is 0.118. The first kappa shape index (κ1) is 20.0. The van der Waals surface area contributed by atoms with Crippen LogP contribution in [0.25, 0.3) is 16.9 Å². The van der Waals surface area contributed by atoms with Gasteiger partial charge in [0.15, 0.2) is 5.69 Å². The van der Waals surface area contributed by atoms with Gasteiger partial charge in [0, 0.05) is 5.56 Å². The van der Waals surface area contributed by atoms with Crippen LogP contribution in [0.4, 0.5) is 22.0 Å². The molecule has 148 valence electrons. The molecule has 3 rings (SSSR count). The van der Waals surface area contributed by atoms with Gasteiger partial charge in [-0.1, -0.05) is 12.1 Å². The van der Waals surface area contributed by atoms with E-state index in [2.05, 4.69) is 5.10 Å². The van der Waals surface area contributed by atoms with Crippen LogP contribution in [0.1, 0.15) is 11.3 Å². The summed E-state index contributed by atoms with van der Waals surface area (Å²) in [6.07, 6.45) is -4.80. The Bertz CT molecular complexity index is 1170. The summed E-state index contributed by atoms with van der Waals surface area (Å²) in [6.45, 7) is 1.48. The number of nitrogens with two attached hydrogens (primary N) is 1. The van der Waals surface area contributed by atoms with Crippen molar-refractivity contribution in [2.24, 2.45) is 5.14 Å². The molecule has 0 unspecified atom stereocenters. The Balaban J connectivity index is 2.24. The molecule has 28 heavy (non-hydrogen) atoms. The lowest BCUT2D eigenvalue weighted by molar-refractivity contribution is -0.141. The van der Waals surface area contributed by atoms with Gasteiger partial charge in [-0.3, -0.25) is 0 Å². The second-order valence-corrected chi connectivity index (χ2v) is 7.48. The first-order chi connectivity index (χ1) is 12.9. The van der Waals surface area contributed by atoms with Crippen molar-refractivity contribution in [2.75, 3.05) is 0 Å². The molecule has 0 aliphatic carbocycles. The summed E-state index contributed by atoms with van der Waals surface area (Å²) in [6, 6.07) is 6.99. The quantitative estimate of drug-likeness (QED) is 0.659. The number of aromatic nitrogens is 2. The highest BCUT2D eigenvalue weighted by Crippen LogP contribution is 2.34. The predicted octanol–water partition coefficient (Wildman–Crippen LogP) is 3.79. The Kier molecular flexibility index (Phi) is 4.76. The molecule has 3 aromatic rings. The van der Waals surface area contributed by atoms with E-state index in [-0.39, 0.29) is 22.5 Å². The third-order valence-corrected chi connectivity index (χ3v) is 4.88. The molecule has 2 N–H and O–H groups in total. The minimum atomic E-state index is -4.80. The number of nitrogens with zero attached hydrogens (tertiary/aromatic N) is 2. The number of hydrogen-bond donors (Lipinski definition) is 1. The van der Waals surface area contributed by atoms with E-state index in [1.165, 1.54) is 19.1 Å². The Labute approximate surface area is 156 Å². The van der Waals surface area contributed by atoms with Crippen LogP contribution in [0.2, 0.25) is 0 Å². The van der Waals surface area contributed by atoms with Crippen LogP contribution < -0.4 is 5.14 Å². The van der Waals surface area contributed by atoms with Crippen LogP contribution in [0.15, 0.2) is 47.4 Å². The van der Waals surface area contributed by atoms with E-state index in [9.17, 15) is 30.4 Å². The van der Waals surface area contributed by atoms with Gasteiger partial charge in [-0.15, -0.1) is 0 Å². The van der Waals surface area contributed by atoms with Gasteiger partial charge < -0.3 is 0 Å². The number of primary sulfonamides is 1. The van der Waals surface area contributed by atoms with Crippen molar-refractivity contribution in [3.05, 3.63) is 65.4 Å². The van der Waals surface area contributed by atoms with Crippen LogP contribution in [0, 0.1) is 18.6 Å². The van der Waals surface area contributed by atoms with Crippen molar-refractivity contribution in [1.82, 2.24) is 9.78 Å². The van der Waals surface area contributed by atoms with Crippen molar-refractivity contribution in [3.63, 3.8) is 0 Å². The zero-order valence-corrected chi connectivity index (χ0v) is 14.9. The van der Waals surface area contributed by atoms with Crippen molar-refractivity contribution in [3.8, 4) is 16.9 Å². The number of aryl methyl sites for hydroxylation is 1. The van der Waals surface area contributed by atoms with Gasteiger partial charge in [0.1, 0.15) is 16.5 Å². The molecule has 0 aliphatic heterocycles. The smallest absolute Gasteiger partial charge is 0.232 e. The highest BCUT2D eigenvalue weighted by Gasteiger charge is 2.35. The first-order valence-electron chi connectivity index (χ1n) is 7.64. The molecule has 0 atom stereocenters. The molecular weight excluding hydrogens is 405 g/mol. The van der Waals surface area contributed by atoms with E-state index in [1.807, 2.05) is 0 Å². The summed E-state index contributed by atoms with van der Waals surface area (Å²) in [4.78, 5) is -0.806. The minimum Gasteiger partial charge on any atom is -0.232 e. The Morgan fingerprint density at radius 2 is 1.68 bits per heavy atom. The first-order valence-corrected chi connectivity index (χ1v) is 9.19. The van der Waals surface area contributed by atoms with Gasteiger partial charge >= 0.3 is 6.18 Å². The fourth-order valence-electron chi connectivity index (χ4n) is 2.53. The molecule has 0 radical (unpaired) electrons. The zero-order valence-electron chi connectivity index (χ0n) is 14.1. The molecule has 0 bridgehead atoms. The van der Waals surface area contributed by atoms with Crippen LogP contribution in [0.3, 0.4) is 0 Å². The van der Waals surface area contributed by atoms with Crippen molar-refractivity contribution in [2.45, 2.75) is 18.0 Å². The molecule has 1 aromatic heterocycles. The molecule has 0 saturated carbocycles. The number of rotatable bonds is 3. The topological polar surface area (TPSA) is 78.0 Å². The van der Waals surface area contributed by atoms with Crippen LogP contribution in [0.5, 0.6) is 0 Å². The van der Waals surface area contributed by atoms with Gasteiger partial charge in [0.2, 0.25) is 10.0 Å². The van der Waals surface area contributed by atoms with E-state index in [0.717, 1.165) is 28.9 Å². The average Bonchev–Trinajstić information content (AvgIpc) is 3.01. The van der Waals surface area contributed by atoms with Crippen LogP contribution >= 0.6 is 0 Å². The molecule has 0 aliphatic rings. The summed E-state index contributed by atoms with van der Waals surface area (Å²) in [5, 5.41) is 8.34. The second-order valence-electron chi connectivity index (χ2n) is 5.95. The summed E-state index contributed by atoms with van der Waals surface area (Å²) in [7, 11) is -4.35. The van der Waals surface area contributed by atoms with E-state index in [1.54, 1.807) is 0 Å². The molecule has 0 saturated heterocycles. The van der Waals surface area contributed by atoms with Crippen molar-refractivity contribution in [1.29, 1.82) is 0 Å². The van der Waals surface area contributed by atoms with Gasteiger partial charge in [-0.05, 0) is 42.8 Å². The molecule has 2 aromatic carbocycles. The van der Waals surface area contributed by atoms with Crippen molar-refractivity contribution >= 4 is 10.0 Å². The second kappa shape index (κ2) is 6.67. The molecular formula is C17H12F5N3O2S. The maximum absolute atomic E-state index is 14.2. The Hall–Kier alpha value is -2.79. The fourth-order valence-corrected chi connectivity index (χ4v) is 3.11. The van der Waals surface area contributed by atoms with Crippen LogP contribution in [-0.2, 0) is 16.2 Å². The molecule has 0 fully saturated rings. The third kappa shape index (κ3) is 3.76. The number of sulfonamides is 1. The lowest BCUT2D eigenvalue weighted by Crippen LogP contribution is -2.14. The standard InChI is InChI=1S/C17H12F5N3O2S/c1-9-2-4-11(7-12(9)18)25-14(8-16(24-25)17(20,21)22)10-3-5-15(13(19)6-10)28(23,26)27/h2-8H,1H3,(H2,23,26,27). The van der Waals surface area contributed by atoms with Gasteiger partial charge in [-0.2, -0.15) is 18.3 Å². The monoisotopic (exact) mass is 417 g/mol. The SMILES string of the molecule is Cc1ccc(-n2nc(C(F)(F)F)cc2-c2ccc(S(N)(=O)=O)c(F)c2)cc1F. The molecule has 1 heterocycles. The largest absolute Gasteiger partial charge is 0.435 e. The summed E-state index contributed by atoms with van der Waals surface area (Å²) >= 11 is 0. The lowest BCUT2D eigenvalue weighted by atomic mass is 10.1. The maximum Gasteiger partial charge on any atom is 0.435 e. The molecule has 11 heteroatoms. The summed E-state index contributed by atoms with van der Waals surface area (Å²) in [5.74, 6) is -1.90. The normalized spacial score (nSPS) is 12.4. The van der Waals surface area contributed by atoms with Crippen molar-refractivity contribution < 1.29 is 30.4 Å². The predicted molar refractivity (Wildman–Crippen MR) is 90.0 cm³/mol. The Morgan fingerprint density at radius 1 is 1.00 bits per heavy atom. The highest BCUT2D eigenvalue weighted by atomic mass is 32.2. The van der Waals surface area contributed by atoms with Gasteiger partial charge in [0.05, 0.1) is 11.4 Å². The maximum atomic E-state index is 14.2.